The van der Waals surface area contributed by atoms with Gasteiger partial charge in [-0.05, 0) is 48.1 Å². The van der Waals surface area contributed by atoms with Gasteiger partial charge in [0, 0.05) is 12.6 Å². The maximum Gasteiger partial charge on any atom is 0.409 e. The highest BCUT2D eigenvalue weighted by molar-refractivity contribution is 7.88. The molecule has 0 spiro atoms. The van der Waals surface area contributed by atoms with E-state index in [-0.39, 0.29) is 0 Å². The van der Waals surface area contributed by atoms with Gasteiger partial charge in [-0.1, -0.05) is 30.3 Å². The number of ether oxygens (including phenoxy) is 1. The number of sulfonamides is 1. The Kier molecular flexibility index (Phi) is 6.72. The van der Waals surface area contributed by atoms with Gasteiger partial charge in [0.05, 0.1) is 19.4 Å². The van der Waals surface area contributed by atoms with Crippen LogP contribution in [0.15, 0.2) is 42.5 Å². The molecule has 1 saturated heterocycles. The minimum atomic E-state index is -3.47. The lowest BCUT2D eigenvalue weighted by molar-refractivity contribution is 0.0792. The maximum atomic E-state index is 13.6. The SMILES string of the molecule is COC(=O)N1CCC[C@H](NS(C)(=O)=O)[C@@H]1Cc1cccc(-c2ccc(F)c(F)c2)c1. The van der Waals surface area contributed by atoms with E-state index in [1.54, 1.807) is 12.1 Å². The Bertz CT molecular complexity index is 1030. The number of piperidine rings is 1. The second-order valence-electron chi connectivity index (χ2n) is 7.40. The molecule has 1 amide bonds. The van der Waals surface area contributed by atoms with Crippen LogP contribution in [-0.4, -0.2) is 51.4 Å². The number of nitrogens with one attached hydrogen (secondary N) is 1. The van der Waals surface area contributed by atoms with Gasteiger partial charge in [-0.3, -0.25) is 0 Å². The molecule has 0 bridgehead atoms. The van der Waals surface area contributed by atoms with Gasteiger partial charge in [-0.15, -0.1) is 0 Å². The minimum absolute atomic E-state index is 0.375. The predicted octanol–water partition coefficient (Wildman–Crippen LogP) is 3.32. The summed E-state index contributed by atoms with van der Waals surface area (Å²) in [6.45, 7) is 0.460. The normalized spacial score (nSPS) is 19.5. The van der Waals surface area contributed by atoms with Gasteiger partial charge < -0.3 is 9.64 Å². The summed E-state index contributed by atoms with van der Waals surface area (Å²) in [6, 6.07) is 10.0. The Hall–Kier alpha value is -2.52. The van der Waals surface area contributed by atoms with Crippen molar-refractivity contribution < 1.29 is 26.7 Å². The highest BCUT2D eigenvalue weighted by Gasteiger charge is 2.36. The molecule has 1 aliphatic rings. The number of carbonyl (C=O) groups excluding carboxylic acids is 1. The number of likely N-dealkylation sites (tertiary alicyclic amines) is 1. The quantitative estimate of drug-likeness (QED) is 0.777. The molecule has 3 rings (SSSR count). The fourth-order valence-corrected chi connectivity index (χ4v) is 4.69. The third kappa shape index (κ3) is 5.34. The molecule has 2 aromatic rings. The van der Waals surface area contributed by atoms with E-state index in [2.05, 4.69) is 4.72 Å². The van der Waals surface area contributed by atoms with Crippen molar-refractivity contribution in [3.05, 3.63) is 59.7 Å². The molecule has 1 N–H and O–H groups in total. The highest BCUT2D eigenvalue weighted by atomic mass is 32.2. The minimum Gasteiger partial charge on any atom is -0.453 e. The molecule has 162 valence electrons. The summed E-state index contributed by atoms with van der Waals surface area (Å²) >= 11 is 0. The lowest BCUT2D eigenvalue weighted by atomic mass is 9.90. The molecule has 0 radical (unpaired) electrons. The summed E-state index contributed by atoms with van der Waals surface area (Å²) in [5, 5.41) is 0. The zero-order valence-electron chi connectivity index (χ0n) is 16.8. The van der Waals surface area contributed by atoms with Crippen LogP contribution in [0.5, 0.6) is 0 Å². The zero-order chi connectivity index (χ0) is 21.9. The molecule has 1 aliphatic heterocycles. The third-order valence-electron chi connectivity index (χ3n) is 5.18. The first-order chi connectivity index (χ1) is 14.2. The Labute approximate surface area is 174 Å². The standard InChI is InChI=1S/C21H24F2N2O4S/c1-29-21(26)25-10-4-7-19(24-30(2,27)28)20(25)12-14-5-3-6-15(11-14)16-8-9-17(22)18(23)13-16/h3,5-6,8-9,11,13,19-20,24H,4,7,10,12H2,1-2H3/t19-,20-/m0/s1. The molecule has 2 atom stereocenters. The van der Waals surface area contributed by atoms with E-state index in [1.165, 1.54) is 18.1 Å². The molecule has 0 saturated carbocycles. The van der Waals surface area contributed by atoms with Crippen LogP contribution in [0.3, 0.4) is 0 Å². The van der Waals surface area contributed by atoms with Gasteiger partial charge in [0.15, 0.2) is 11.6 Å². The lowest BCUT2D eigenvalue weighted by Crippen LogP contribution is -2.57. The number of benzene rings is 2. The van der Waals surface area contributed by atoms with Gasteiger partial charge >= 0.3 is 6.09 Å². The van der Waals surface area contributed by atoms with Crippen LogP contribution >= 0.6 is 0 Å². The van der Waals surface area contributed by atoms with Gasteiger partial charge in [0.1, 0.15) is 0 Å². The Balaban J connectivity index is 1.91. The average molecular weight is 438 g/mol. The van der Waals surface area contributed by atoms with E-state index >= 15 is 0 Å². The van der Waals surface area contributed by atoms with Gasteiger partial charge in [0.2, 0.25) is 10.0 Å². The smallest absolute Gasteiger partial charge is 0.409 e. The van der Waals surface area contributed by atoms with Crippen LogP contribution in [0.1, 0.15) is 18.4 Å². The monoisotopic (exact) mass is 438 g/mol. The molecular weight excluding hydrogens is 414 g/mol. The number of halogens is 2. The van der Waals surface area contributed by atoms with E-state index in [4.69, 9.17) is 4.74 Å². The van der Waals surface area contributed by atoms with Crippen molar-refractivity contribution in [2.24, 2.45) is 0 Å². The molecule has 1 fully saturated rings. The Morgan fingerprint density at radius 2 is 1.90 bits per heavy atom. The maximum absolute atomic E-state index is 13.6. The van der Waals surface area contributed by atoms with E-state index < -0.39 is 39.8 Å². The van der Waals surface area contributed by atoms with Gasteiger partial charge in [-0.25, -0.2) is 26.7 Å². The molecule has 0 aliphatic carbocycles. The molecule has 2 aromatic carbocycles. The number of nitrogens with zero attached hydrogens (tertiary/aromatic N) is 1. The second-order valence-corrected chi connectivity index (χ2v) is 9.18. The zero-order valence-corrected chi connectivity index (χ0v) is 17.6. The van der Waals surface area contributed by atoms with Crippen LogP contribution in [0.2, 0.25) is 0 Å². The number of amides is 1. The Morgan fingerprint density at radius 1 is 1.17 bits per heavy atom. The van der Waals surface area contributed by atoms with Crippen molar-refractivity contribution in [2.45, 2.75) is 31.3 Å². The summed E-state index contributed by atoms with van der Waals surface area (Å²) in [6.07, 6.45) is 2.18. The van der Waals surface area contributed by atoms with Crippen molar-refractivity contribution in [3.63, 3.8) is 0 Å². The molecular formula is C21H24F2N2O4S. The van der Waals surface area contributed by atoms with Crippen molar-refractivity contribution in [1.82, 2.24) is 9.62 Å². The summed E-state index contributed by atoms with van der Waals surface area (Å²) in [7, 11) is -2.18. The first-order valence-electron chi connectivity index (χ1n) is 9.54. The van der Waals surface area contributed by atoms with Crippen molar-refractivity contribution in [2.75, 3.05) is 19.9 Å². The molecule has 1 heterocycles. The highest BCUT2D eigenvalue weighted by Crippen LogP contribution is 2.26. The molecule has 0 aromatic heterocycles. The summed E-state index contributed by atoms with van der Waals surface area (Å²) in [4.78, 5) is 13.8. The van der Waals surface area contributed by atoms with Crippen molar-refractivity contribution >= 4 is 16.1 Å². The second kappa shape index (κ2) is 9.09. The fourth-order valence-electron chi connectivity index (χ4n) is 3.86. The average Bonchev–Trinajstić information content (AvgIpc) is 2.70. The van der Waals surface area contributed by atoms with Gasteiger partial charge in [0.25, 0.3) is 0 Å². The molecule has 30 heavy (non-hydrogen) atoms. The van der Waals surface area contributed by atoms with E-state index in [0.29, 0.717) is 36.9 Å². The van der Waals surface area contributed by atoms with Crippen molar-refractivity contribution in [1.29, 1.82) is 0 Å². The van der Waals surface area contributed by atoms with Crippen LogP contribution < -0.4 is 4.72 Å². The number of methoxy groups -OCH3 is 1. The van der Waals surface area contributed by atoms with Crippen molar-refractivity contribution in [3.8, 4) is 11.1 Å². The van der Waals surface area contributed by atoms with Crippen LogP contribution in [0.25, 0.3) is 11.1 Å². The molecule has 6 nitrogen and oxygen atoms in total. The van der Waals surface area contributed by atoms with E-state index in [9.17, 15) is 22.0 Å². The van der Waals surface area contributed by atoms with E-state index in [1.807, 2.05) is 12.1 Å². The molecule has 9 heteroatoms. The predicted molar refractivity (Wildman–Crippen MR) is 109 cm³/mol. The molecule has 0 unspecified atom stereocenters. The lowest BCUT2D eigenvalue weighted by Gasteiger charge is -2.40. The fraction of sp³-hybridized carbons (Fsp3) is 0.381. The number of hydrogen-bond acceptors (Lipinski definition) is 4. The summed E-state index contributed by atoms with van der Waals surface area (Å²) in [5.74, 6) is -1.85. The first-order valence-corrected chi connectivity index (χ1v) is 11.4. The van der Waals surface area contributed by atoms with E-state index in [0.717, 1.165) is 24.0 Å². The number of carbonyl (C=O) groups is 1. The first kappa shape index (κ1) is 22.2. The van der Waals surface area contributed by atoms with Crippen LogP contribution in [-0.2, 0) is 21.2 Å². The topological polar surface area (TPSA) is 75.7 Å². The summed E-state index contributed by atoms with van der Waals surface area (Å²) < 4.78 is 58.1. The Morgan fingerprint density at radius 3 is 2.57 bits per heavy atom. The number of hydrogen-bond donors (Lipinski definition) is 1. The van der Waals surface area contributed by atoms with Crippen LogP contribution in [0, 0.1) is 11.6 Å². The third-order valence-corrected chi connectivity index (χ3v) is 5.91. The van der Waals surface area contributed by atoms with Gasteiger partial charge in [-0.2, -0.15) is 0 Å². The number of rotatable bonds is 5. The largest absolute Gasteiger partial charge is 0.453 e. The van der Waals surface area contributed by atoms with Crippen LogP contribution in [0.4, 0.5) is 13.6 Å². The summed E-state index contributed by atoms with van der Waals surface area (Å²) in [5.41, 5.74) is 2.05.